The van der Waals surface area contributed by atoms with Crippen molar-refractivity contribution in [2.75, 3.05) is 6.61 Å². The molecule has 9 nitrogen and oxygen atoms in total. The van der Waals surface area contributed by atoms with Crippen LogP contribution in [0, 0.1) is 0 Å². The monoisotopic (exact) mass is 386 g/mol. The maximum Gasteiger partial charge on any atom is 0.187 e. The lowest BCUT2D eigenvalue weighted by molar-refractivity contribution is -0.354. The number of ether oxygens (including phenoxy) is 4. The fourth-order valence-corrected chi connectivity index (χ4v) is 3.09. The van der Waals surface area contributed by atoms with Crippen LogP contribution in [0.1, 0.15) is 12.5 Å². The topological polar surface area (TPSA) is 138 Å². The Kier molecular flexibility index (Phi) is 6.79. The minimum Gasteiger partial charge on any atom is -0.388 e. The number of benzene rings is 1. The Morgan fingerprint density at radius 3 is 2.33 bits per heavy atom. The smallest absolute Gasteiger partial charge is 0.187 e. The predicted molar refractivity (Wildman–Crippen MR) is 90.2 cm³/mol. The molecule has 1 aromatic rings. The molecular weight excluding hydrogens is 360 g/mol. The third kappa shape index (κ3) is 4.65. The second kappa shape index (κ2) is 8.91. The number of aliphatic hydroxyl groups excluding tert-OH is 5. The van der Waals surface area contributed by atoms with Gasteiger partial charge in [-0.25, -0.2) is 0 Å². The molecule has 0 amide bonds. The van der Waals surface area contributed by atoms with E-state index in [4.69, 9.17) is 18.9 Å². The Hall–Kier alpha value is -1.14. The van der Waals surface area contributed by atoms with Gasteiger partial charge in [-0.05, 0) is 12.5 Å². The molecule has 0 aliphatic carbocycles. The molecule has 2 aliphatic rings. The summed E-state index contributed by atoms with van der Waals surface area (Å²) in [6.07, 6.45) is -11.2. The molecule has 9 atom stereocenters. The number of hydrogen-bond donors (Lipinski definition) is 5. The summed E-state index contributed by atoms with van der Waals surface area (Å²) in [5, 5.41) is 50.0. The standard InChI is InChI=1S/C18H26O9/c1-9-12(20)14(22)15(23)17(26-9)27-16-13(21)11(19)8-25-18(16)24-7-10-5-3-2-4-6-10/h2-6,9,11-23H,7-8H2,1H3. The summed E-state index contributed by atoms with van der Waals surface area (Å²) >= 11 is 0. The molecule has 0 aromatic heterocycles. The van der Waals surface area contributed by atoms with Gasteiger partial charge in [0.25, 0.3) is 0 Å². The second-order valence-corrected chi connectivity index (χ2v) is 6.84. The maximum absolute atomic E-state index is 10.3. The van der Waals surface area contributed by atoms with E-state index < -0.39 is 55.3 Å². The van der Waals surface area contributed by atoms with Crippen molar-refractivity contribution in [2.45, 2.75) is 68.8 Å². The highest BCUT2D eigenvalue weighted by Crippen LogP contribution is 2.27. The summed E-state index contributed by atoms with van der Waals surface area (Å²) in [4.78, 5) is 0. The average Bonchev–Trinajstić information content (AvgIpc) is 2.68. The normalized spacial score (nSPS) is 42.8. The van der Waals surface area contributed by atoms with E-state index in [-0.39, 0.29) is 13.2 Å². The Labute approximate surface area is 156 Å². The van der Waals surface area contributed by atoms with E-state index in [2.05, 4.69) is 0 Å². The predicted octanol–water partition coefficient (Wildman–Crippen LogP) is -1.51. The van der Waals surface area contributed by atoms with Gasteiger partial charge in [0.2, 0.25) is 0 Å². The van der Waals surface area contributed by atoms with Gasteiger partial charge in [0.15, 0.2) is 12.6 Å². The molecule has 5 N–H and O–H groups in total. The molecule has 3 rings (SSSR count). The largest absolute Gasteiger partial charge is 0.388 e. The zero-order valence-electron chi connectivity index (χ0n) is 14.9. The quantitative estimate of drug-likeness (QED) is 0.409. The summed E-state index contributed by atoms with van der Waals surface area (Å²) in [7, 11) is 0. The van der Waals surface area contributed by atoms with Gasteiger partial charge >= 0.3 is 0 Å². The Balaban J connectivity index is 1.68. The highest BCUT2D eigenvalue weighted by molar-refractivity contribution is 5.13. The van der Waals surface area contributed by atoms with Crippen molar-refractivity contribution < 1.29 is 44.5 Å². The Bertz CT molecular complexity index is 585. The van der Waals surface area contributed by atoms with Gasteiger partial charge in [0.1, 0.15) is 36.6 Å². The molecule has 0 radical (unpaired) electrons. The summed E-state index contributed by atoms with van der Waals surface area (Å²) in [5.41, 5.74) is 0.876. The summed E-state index contributed by atoms with van der Waals surface area (Å²) in [6, 6.07) is 9.30. The lowest BCUT2D eigenvalue weighted by Crippen LogP contribution is -2.62. The van der Waals surface area contributed by atoms with Crippen LogP contribution in [0.15, 0.2) is 30.3 Å². The zero-order valence-corrected chi connectivity index (χ0v) is 14.9. The van der Waals surface area contributed by atoms with Gasteiger partial charge in [-0.3, -0.25) is 0 Å². The molecule has 0 saturated carbocycles. The van der Waals surface area contributed by atoms with Gasteiger partial charge in [-0.15, -0.1) is 0 Å². The van der Waals surface area contributed by atoms with Crippen LogP contribution in [-0.4, -0.2) is 87.4 Å². The van der Waals surface area contributed by atoms with Gasteiger partial charge in [0.05, 0.1) is 19.3 Å². The van der Waals surface area contributed by atoms with Gasteiger partial charge in [-0.1, -0.05) is 30.3 Å². The van der Waals surface area contributed by atoms with Gasteiger partial charge in [-0.2, -0.15) is 0 Å². The van der Waals surface area contributed by atoms with Crippen molar-refractivity contribution >= 4 is 0 Å². The molecule has 2 heterocycles. The van der Waals surface area contributed by atoms with E-state index in [1.807, 2.05) is 30.3 Å². The molecule has 2 saturated heterocycles. The fourth-order valence-electron chi connectivity index (χ4n) is 3.09. The molecule has 1 aromatic carbocycles. The third-order valence-corrected chi connectivity index (χ3v) is 4.79. The molecule has 9 heteroatoms. The summed E-state index contributed by atoms with van der Waals surface area (Å²) < 4.78 is 22.1. The molecule has 9 unspecified atom stereocenters. The molecule has 2 aliphatic heterocycles. The van der Waals surface area contributed by atoms with Crippen LogP contribution in [0.4, 0.5) is 0 Å². The first-order valence-corrected chi connectivity index (χ1v) is 8.87. The summed E-state index contributed by atoms with van der Waals surface area (Å²) in [5.74, 6) is 0. The first-order valence-electron chi connectivity index (χ1n) is 8.87. The van der Waals surface area contributed by atoms with E-state index in [1.54, 1.807) is 0 Å². The van der Waals surface area contributed by atoms with Crippen LogP contribution in [-0.2, 0) is 25.6 Å². The number of aliphatic hydroxyl groups is 5. The van der Waals surface area contributed by atoms with E-state index in [1.165, 1.54) is 6.92 Å². The van der Waals surface area contributed by atoms with Crippen LogP contribution in [0.2, 0.25) is 0 Å². The molecule has 27 heavy (non-hydrogen) atoms. The Morgan fingerprint density at radius 1 is 0.926 bits per heavy atom. The Morgan fingerprint density at radius 2 is 1.63 bits per heavy atom. The van der Waals surface area contributed by atoms with Crippen molar-refractivity contribution in [3.05, 3.63) is 35.9 Å². The fraction of sp³-hybridized carbons (Fsp3) is 0.667. The molecule has 152 valence electrons. The lowest BCUT2D eigenvalue weighted by Gasteiger charge is -2.44. The number of rotatable bonds is 5. The van der Waals surface area contributed by atoms with Crippen molar-refractivity contribution in [3.8, 4) is 0 Å². The maximum atomic E-state index is 10.3. The molecule has 0 bridgehead atoms. The first kappa shape index (κ1) is 20.6. The van der Waals surface area contributed by atoms with Crippen LogP contribution < -0.4 is 0 Å². The van der Waals surface area contributed by atoms with Crippen molar-refractivity contribution in [3.63, 3.8) is 0 Å². The van der Waals surface area contributed by atoms with E-state index >= 15 is 0 Å². The molecule has 2 fully saturated rings. The minimum atomic E-state index is -1.54. The molecule has 0 spiro atoms. The second-order valence-electron chi connectivity index (χ2n) is 6.84. The summed E-state index contributed by atoms with van der Waals surface area (Å²) in [6.45, 7) is 1.55. The van der Waals surface area contributed by atoms with Gasteiger partial charge in [0, 0.05) is 0 Å². The zero-order chi connectivity index (χ0) is 19.6. The highest BCUT2D eigenvalue weighted by Gasteiger charge is 2.47. The van der Waals surface area contributed by atoms with E-state index in [9.17, 15) is 25.5 Å². The highest BCUT2D eigenvalue weighted by atomic mass is 16.7. The average molecular weight is 386 g/mol. The first-order chi connectivity index (χ1) is 12.9. The van der Waals surface area contributed by atoms with Crippen LogP contribution in [0.25, 0.3) is 0 Å². The van der Waals surface area contributed by atoms with E-state index in [0.29, 0.717) is 0 Å². The van der Waals surface area contributed by atoms with Crippen molar-refractivity contribution in [1.29, 1.82) is 0 Å². The number of hydrogen-bond acceptors (Lipinski definition) is 9. The van der Waals surface area contributed by atoms with Crippen LogP contribution >= 0.6 is 0 Å². The van der Waals surface area contributed by atoms with E-state index in [0.717, 1.165) is 5.56 Å². The minimum absolute atomic E-state index is 0.147. The van der Waals surface area contributed by atoms with Crippen molar-refractivity contribution in [2.24, 2.45) is 0 Å². The van der Waals surface area contributed by atoms with Crippen molar-refractivity contribution in [1.82, 2.24) is 0 Å². The van der Waals surface area contributed by atoms with Crippen LogP contribution in [0.3, 0.4) is 0 Å². The lowest BCUT2D eigenvalue weighted by atomic mass is 9.99. The molecular formula is C18H26O9. The van der Waals surface area contributed by atoms with Crippen LogP contribution in [0.5, 0.6) is 0 Å². The van der Waals surface area contributed by atoms with Gasteiger partial charge < -0.3 is 44.5 Å². The third-order valence-electron chi connectivity index (χ3n) is 4.79. The SMILES string of the molecule is CC1OC(OC2C(OCc3ccccc3)OCC(O)C2O)C(O)C(O)C1O.